The zero-order chi connectivity index (χ0) is 25.4. The van der Waals surface area contributed by atoms with Gasteiger partial charge in [0, 0.05) is 23.2 Å². The number of aromatic amines is 1. The summed E-state index contributed by atoms with van der Waals surface area (Å²) in [5.74, 6) is -1.01. The molecule has 3 aromatic heterocycles. The van der Waals surface area contributed by atoms with Crippen molar-refractivity contribution in [2.45, 2.75) is 68.9 Å². The SMILES string of the molecule is N#CCC(C1CCCC1)n1cc(-c2ncnc3[nH]c(OC4OC(C(=O)O)C(O)C(O)C4O)cc23)cn1. The van der Waals surface area contributed by atoms with Gasteiger partial charge in [0.15, 0.2) is 12.0 Å². The van der Waals surface area contributed by atoms with Crippen molar-refractivity contribution in [1.82, 2.24) is 24.7 Å². The van der Waals surface area contributed by atoms with Crippen LogP contribution in [0.25, 0.3) is 22.3 Å². The summed E-state index contributed by atoms with van der Waals surface area (Å²) in [6, 6.07) is 3.83. The maximum absolute atomic E-state index is 11.3. The molecule has 5 N–H and O–H groups in total. The Morgan fingerprint density at radius 2 is 2.03 bits per heavy atom. The minimum Gasteiger partial charge on any atom is -0.479 e. The number of carbonyl (C=O) groups is 1. The Labute approximate surface area is 204 Å². The summed E-state index contributed by atoms with van der Waals surface area (Å²) in [6.07, 6.45) is 1.09. The van der Waals surface area contributed by atoms with Gasteiger partial charge in [-0.3, -0.25) is 4.68 Å². The Hall–Kier alpha value is -3.57. The zero-order valence-electron chi connectivity index (χ0n) is 19.1. The fraction of sp³-hybridized carbons (Fsp3) is 0.522. The molecular weight excluding hydrogens is 472 g/mol. The number of carboxylic acids is 1. The smallest absolute Gasteiger partial charge is 0.335 e. The number of fused-ring (bicyclic) bond motifs is 1. The van der Waals surface area contributed by atoms with Crippen molar-refractivity contribution < 1.29 is 34.7 Å². The van der Waals surface area contributed by atoms with E-state index in [1.54, 1.807) is 12.3 Å². The molecule has 2 fully saturated rings. The van der Waals surface area contributed by atoms with Gasteiger partial charge >= 0.3 is 5.97 Å². The molecule has 6 unspecified atom stereocenters. The van der Waals surface area contributed by atoms with Crippen molar-refractivity contribution in [2.24, 2.45) is 5.92 Å². The van der Waals surface area contributed by atoms with E-state index >= 15 is 0 Å². The van der Waals surface area contributed by atoms with Crippen LogP contribution >= 0.6 is 0 Å². The van der Waals surface area contributed by atoms with E-state index in [0.717, 1.165) is 25.7 Å². The third kappa shape index (κ3) is 4.40. The summed E-state index contributed by atoms with van der Waals surface area (Å²) in [6.45, 7) is 0. The molecule has 190 valence electrons. The average Bonchev–Trinajstić information content (AvgIpc) is 3.63. The molecule has 4 heterocycles. The maximum Gasteiger partial charge on any atom is 0.335 e. The summed E-state index contributed by atoms with van der Waals surface area (Å²) in [5, 5.41) is 53.8. The number of ether oxygens (including phenoxy) is 2. The number of nitriles is 1. The molecule has 13 nitrogen and oxygen atoms in total. The van der Waals surface area contributed by atoms with Crippen molar-refractivity contribution >= 4 is 17.0 Å². The molecule has 0 radical (unpaired) electrons. The molecule has 1 saturated heterocycles. The van der Waals surface area contributed by atoms with Gasteiger partial charge in [-0.1, -0.05) is 12.8 Å². The van der Waals surface area contributed by atoms with Crippen LogP contribution < -0.4 is 4.74 Å². The molecule has 13 heteroatoms. The Kier molecular flexibility index (Phi) is 6.59. The van der Waals surface area contributed by atoms with Gasteiger partial charge in [0.25, 0.3) is 0 Å². The number of aliphatic hydroxyl groups excluding tert-OH is 3. The second-order valence-electron chi connectivity index (χ2n) is 9.15. The zero-order valence-corrected chi connectivity index (χ0v) is 19.1. The van der Waals surface area contributed by atoms with Gasteiger partial charge in [-0.25, -0.2) is 14.8 Å². The first-order chi connectivity index (χ1) is 17.4. The van der Waals surface area contributed by atoms with Gasteiger partial charge in [-0.2, -0.15) is 10.4 Å². The number of hydrogen-bond acceptors (Lipinski definition) is 10. The predicted octanol–water partition coefficient (Wildman–Crippen LogP) is 0.737. The molecule has 2 aliphatic rings. The van der Waals surface area contributed by atoms with Gasteiger partial charge in [-0.05, 0) is 18.8 Å². The Balaban J connectivity index is 1.41. The standard InChI is InChI=1S/C23H26N6O7/c24-6-5-14(11-3-1-2-4-11)29-9-12(8-27-29)16-13-7-15(28-21(13)26-10-25-16)35-23-19(32)17(30)18(31)20(36-23)22(33)34/h7-11,14,17-20,23,30-32H,1-5H2,(H,33,34)(H,25,26,28). The van der Waals surface area contributed by atoms with Gasteiger partial charge < -0.3 is 34.9 Å². The van der Waals surface area contributed by atoms with E-state index in [0.29, 0.717) is 34.6 Å². The van der Waals surface area contributed by atoms with Crippen LogP contribution in [0.3, 0.4) is 0 Å². The number of carboxylic acid groups (broad SMARTS) is 1. The van der Waals surface area contributed by atoms with E-state index in [1.807, 2.05) is 10.9 Å². The number of aliphatic hydroxyl groups is 3. The van der Waals surface area contributed by atoms with E-state index in [1.165, 1.54) is 6.33 Å². The molecule has 1 saturated carbocycles. The number of rotatable bonds is 7. The lowest BCUT2D eigenvalue weighted by atomic mass is 9.96. The minimum absolute atomic E-state index is 0.0115. The van der Waals surface area contributed by atoms with Gasteiger partial charge in [0.1, 0.15) is 30.3 Å². The van der Waals surface area contributed by atoms with E-state index in [9.17, 15) is 30.5 Å². The van der Waals surface area contributed by atoms with Crippen LogP contribution in [-0.4, -0.2) is 81.8 Å². The lowest BCUT2D eigenvalue weighted by molar-refractivity contribution is -0.271. The third-order valence-corrected chi connectivity index (χ3v) is 6.92. The van der Waals surface area contributed by atoms with Crippen LogP contribution in [0.4, 0.5) is 0 Å². The van der Waals surface area contributed by atoms with Crippen molar-refractivity contribution in [3.8, 4) is 23.2 Å². The molecule has 0 aromatic carbocycles. The summed E-state index contributed by atoms with van der Waals surface area (Å²) in [5.41, 5.74) is 1.68. The quantitative estimate of drug-likeness (QED) is 0.308. The van der Waals surface area contributed by atoms with Gasteiger partial charge in [-0.15, -0.1) is 0 Å². The second-order valence-corrected chi connectivity index (χ2v) is 9.15. The van der Waals surface area contributed by atoms with Crippen molar-refractivity contribution in [3.63, 3.8) is 0 Å². The highest BCUT2D eigenvalue weighted by Gasteiger charge is 2.48. The first-order valence-corrected chi connectivity index (χ1v) is 11.7. The molecule has 6 atom stereocenters. The third-order valence-electron chi connectivity index (χ3n) is 6.92. The molecule has 36 heavy (non-hydrogen) atoms. The normalized spacial score (nSPS) is 27.7. The van der Waals surface area contributed by atoms with Crippen LogP contribution in [0.15, 0.2) is 24.8 Å². The first kappa shape index (κ1) is 24.1. The Bertz CT molecular complexity index is 1280. The number of hydrogen-bond donors (Lipinski definition) is 5. The number of nitrogens with one attached hydrogen (secondary N) is 1. The van der Waals surface area contributed by atoms with Crippen molar-refractivity contribution in [2.75, 3.05) is 0 Å². The topological polar surface area (TPSA) is 200 Å². The van der Waals surface area contributed by atoms with E-state index in [-0.39, 0.29) is 11.9 Å². The van der Waals surface area contributed by atoms with Crippen LogP contribution in [0.5, 0.6) is 5.88 Å². The second kappa shape index (κ2) is 9.82. The van der Waals surface area contributed by atoms with E-state index in [4.69, 9.17) is 9.47 Å². The lowest BCUT2D eigenvalue weighted by Gasteiger charge is -2.38. The fourth-order valence-corrected chi connectivity index (χ4v) is 5.04. The summed E-state index contributed by atoms with van der Waals surface area (Å²) in [7, 11) is 0. The summed E-state index contributed by atoms with van der Waals surface area (Å²) < 4.78 is 12.6. The number of H-pyrrole nitrogens is 1. The lowest BCUT2D eigenvalue weighted by Crippen LogP contribution is -2.61. The first-order valence-electron chi connectivity index (χ1n) is 11.7. The highest BCUT2D eigenvalue weighted by atomic mass is 16.7. The largest absolute Gasteiger partial charge is 0.479 e. The minimum atomic E-state index is -1.82. The maximum atomic E-state index is 11.3. The van der Waals surface area contributed by atoms with Crippen LogP contribution in [0.2, 0.25) is 0 Å². The predicted molar refractivity (Wildman–Crippen MR) is 121 cm³/mol. The highest BCUT2D eigenvalue weighted by molar-refractivity contribution is 5.91. The molecular formula is C23H26N6O7. The van der Waals surface area contributed by atoms with Crippen LogP contribution in [0.1, 0.15) is 38.1 Å². The Morgan fingerprint density at radius 3 is 2.75 bits per heavy atom. The Morgan fingerprint density at radius 1 is 1.25 bits per heavy atom. The molecule has 0 bridgehead atoms. The van der Waals surface area contributed by atoms with Gasteiger partial charge in [0.05, 0.1) is 30.4 Å². The fourth-order valence-electron chi connectivity index (χ4n) is 5.04. The number of aliphatic carboxylic acids is 1. The molecule has 1 aliphatic heterocycles. The monoisotopic (exact) mass is 498 g/mol. The molecule has 0 amide bonds. The molecule has 0 spiro atoms. The van der Waals surface area contributed by atoms with Crippen LogP contribution in [0, 0.1) is 17.2 Å². The van der Waals surface area contributed by atoms with Crippen LogP contribution in [-0.2, 0) is 9.53 Å². The number of aromatic nitrogens is 5. The molecule has 5 rings (SSSR count). The van der Waals surface area contributed by atoms with Gasteiger partial charge in [0.2, 0.25) is 6.29 Å². The summed E-state index contributed by atoms with van der Waals surface area (Å²) in [4.78, 5) is 22.8. The molecule has 3 aromatic rings. The van der Waals surface area contributed by atoms with E-state index < -0.39 is 36.7 Å². The highest BCUT2D eigenvalue weighted by Crippen LogP contribution is 2.37. The molecule has 1 aliphatic carbocycles. The summed E-state index contributed by atoms with van der Waals surface area (Å²) >= 11 is 0. The van der Waals surface area contributed by atoms with Crippen molar-refractivity contribution in [3.05, 3.63) is 24.8 Å². The average molecular weight is 498 g/mol. The van der Waals surface area contributed by atoms with Crippen molar-refractivity contribution in [1.29, 1.82) is 5.26 Å². The number of nitrogens with zero attached hydrogens (tertiary/aromatic N) is 5. The van der Waals surface area contributed by atoms with E-state index in [2.05, 4.69) is 26.1 Å².